The van der Waals surface area contributed by atoms with Crippen LogP contribution >= 0.6 is 0 Å². The average Bonchev–Trinajstić information content (AvgIpc) is 2.12. The number of rotatable bonds is 3. The first kappa shape index (κ1) is 14.7. The van der Waals surface area contributed by atoms with Crippen LogP contribution in [0.3, 0.4) is 0 Å². The minimum Gasteiger partial charge on any atom is -0.330 e. The lowest BCUT2D eigenvalue weighted by Crippen LogP contribution is -2.56. The molecule has 0 aliphatic carbocycles. The summed E-state index contributed by atoms with van der Waals surface area (Å²) in [6.07, 6.45) is -4.57. The Bertz CT molecular complexity index is 356. The van der Waals surface area contributed by atoms with Crippen LogP contribution in [0.2, 0.25) is 0 Å². The van der Waals surface area contributed by atoms with Crippen LogP contribution in [0.25, 0.3) is 0 Å². The summed E-state index contributed by atoms with van der Waals surface area (Å²) in [4.78, 5) is 1.20. The maximum atomic E-state index is 12.8. The van der Waals surface area contributed by atoms with Gasteiger partial charge in [-0.3, -0.25) is 4.90 Å². The van der Waals surface area contributed by atoms with Crippen LogP contribution in [-0.2, 0) is 9.84 Å². The van der Waals surface area contributed by atoms with Gasteiger partial charge in [-0.15, -0.1) is 0 Å². The molecule has 8 heteroatoms. The van der Waals surface area contributed by atoms with Crippen molar-refractivity contribution in [1.82, 2.24) is 4.90 Å². The molecule has 4 nitrogen and oxygen atoms in total. The fraction of sp³-hybridized carbons (Fsp3) is 1.00. The Morgan fingerprint density at radius 1 is 1.47 bits per heavy atom. The van der Waals surface area contributed by atoms with E-state index in [1.54, 1.807) is 0 Å². The quantitative estimate of drug-likeness (QED) is 0.808. The van der Waals surface area contributed by atoms with Crippen molar-refractivity contribution in [3.63, 3.8) is 0 Å². The number of hydrogen-bond acceptors (Lipinski definition) is 4. The van der Waals surface area contributed by atoms with Gasteiger partial charge in [-0.25, -0.2) is 8.42 Å². The second-order valence-electron chi connectivity index (χ2n) is 4.34. The summed E-state index contributed by atoms with van der Waals surface area (Å²) in [6.45, 7) is 1.36. The van der Waals surface area contributed by atoms with E-state index in [1.807, 2.05) is 0 Å². The number of halogens is 3. The fourth-order valence-electron chi connectivity index (χ4n) is 2.15. The highest BCUT2D eigenvalue weighted by molar-refractivity contribution is 7.91. The molecule has 2 N–H and O–H groups in total. The molecule has 0 bridgehead atoms. The molecule has 0 radical (unpaired) electrons. The van der Waals surface area contributed by atoms with Crippen LogP contribution in [0.1, 0.15) is 13.3 Å². The zero-order chi connectivity index (χ0) is 13.3. The Hall–Kier alpha value is -0.340. The summed E-state index contributed by atoms with van der Waals surface area (Å²) in [5, 5.41) is 0. The Morgan fingerprint density at radius 3 is 2.47 bits per heavy atom. The second-order valence-corrected chi connectivity index (χ2v) is 6.56. The van der Waals surface area contributed by atoms with Crippen molar-refractivity contribution < 1.29 is 21.6 Å². The molecule has 1 heterocycles. The van der Waals surface area contributed by atoms with Crippen LogP contribution in [0, 0.1) is 0 Å². The van der Waals surface area contributed by atoms with Gasteiger partial charge < -0.3 is 5.73 Å². The van der Waals surface area contributed by atoms with Crippen molar-refractivity contribution in [3.05, 3.63) is 0 Å². The van der Waals surface area contributed by atoms with Crippen molar-refractivity contribution in [3.8, 4) is 0 Å². The smallest absolute Gasteiger partial charge is 0.330 e. The van der Waals surface area contributed by atoms with Gasteiger partial charge in [-0.05, 0) is 19.9 Å². The maximum Gasteiger partial charge on any atom is 0.404 e. The van der Waals surface area contributed by atoms with E-state index in [4.69, 9.17) is 5.73 Å². The van der Waals surface area contributed by atoms with E-state index >= 15 is 0 Å². The highest BCUT2D eigenvalue weighted by Crippen LogP contribution is 2.30. The summed E-state index contributed by atoms with van der Waals surface area (Å²) in [5.74, 6) is -0.432. The molecule has 0 aromatic rings. The lowest BCUT2D eigenvalue weighted by molar-refractivity contribution is -0.189. The molecular weight excluding hydrogens is 257 g/mol. The zero-order valence-electron chi connectivity index (χ0n) is 9.57. The number of nitrogens with zero attached hydrogens (tertiary/aromatic N) is 1. The van der Waals surface area contributed by atoms with E-state index in [0.717, 1.165) is 0 Å². The summed E-state index contributed by atoms with van der Waals surface area (Å²) in [6, 6.07) is -2.26. The van der Waals surface area contributed by atoms with Gasteiger partial charge in [0.1, 0.15) is 6.04 Å². The molecule has 2 unspecified atom stereocenters. The van der Waals surface area contributed by atoms with E-state index in [2.05, 4.69) is 0 Å². The Labute approximate surface area is 98.9 Å². The average molecular weight is 274 g/mol. The van der Waals surface area contributed by atoms with Crippen LogP contribution in [-0.4, -0.2) is 56.2 Å². The van der Waals surface area contributed by atoms with E-state index in [1.165, 1.54) is 11.8 Å². The van der Waals surface area contributed by atoms with Crippen LogP contribution < -0.4 is 5.73 Å². The van der Waals surface area contributed by atoms with Crippen molar-refractivity contribution in [2.45, 2.75) is 31.6 Å². The minimum atomic E-state index is -4.37. The summed E-state index contributed by atoms with van der Waals surface area (Å²) in [5.41, 5.74) is 5.19. The van der Waals surface area contributed by atoms with Gasteiger partial charge in [0, 0.05) is 12.6 Å². The molecule has 0 spiro atoms. The molecule has 0 aromatic carbocycles. The molecule has 1 fully saturated rings. The van der Waals surface area contributed by atoms with Crippen LogP contribution in [0.5, 0.6) is 0 Å². The van der Waals surface area contributed by atoms with Crippen LogP contribution in [0.15, 0.2) is 0 Å². The Morgan fingerprint density at radius 2 is 2.06 bits per heavy atom. The Kier molecular flexibility index (Phi) is 4.43. The van der Waals surface area contributed by atoms with E-state index in [0.29, 0.717) is 0 Å². The first-order valence-corrected chi connectivity index (χ1v) is 7.22. The van der Waals surface area contributed by atoms with Crippen LogP contribution in [0.4, 0.5) is 13.2 Å². The predicted octanol–water partition coefficient (Wildman–Crippen LogP) is 0.385. The summed E-state index contributed by atoms with van der Waals surface area (Å²) < 4.78 is 61.0. The van der Waals surface area contributed by atoms with Gasteiger partial charge in [-0.1, -0.05) is 0 Å². The molecule has 1 saturated heterocycles. The molecule has 1 rings (SSSR count). The van der Waals surface area contributed by atoms with Crippen molar-refractivity contribution in [2.75, 3.05) is 24.6 Å². The van der Waals surface area contributed by atoms with Crippen molar-refractivity contribution in [1.29, 1.82) is 0 Å². The number of nitrogens with two attached hydrogens (primary N) is 1. The van der Waals surface area contributed by atoms with Gasteiger partial charge >= 0.3 is 6.18 Å². The molecule has 102 valence electrons. The van der Waals surface area contributed by atoms with E-state index in [9.17, 15) is 21.6 Å². The standard InChI is InChI=1S/C9H17F3N2O2S/c1-7-6-17(15,16)5-4-14(7)8(2-3-13)9(10,11)12/h7-8H,2-6,13H2,1H3. The third kappa shape index (κ3) is 3.82. The molecule has 17 heavy (non-hydrogen) atoms. The Balaban J connectivity index is 2.83. The largest absolute Gasteiger partial charge is 0.404 e. The first-order valence-electron chi connectivity index (χ1n) is 5.40. The van der Waals surface area contributed by atoms with Gasteiger partial charge in [0.2, 0.25) is 0 Å². The zero-order valence-corrected chi connectivity index (χ0v) is 10.4. The number of alkyl halides is 3. The number of hydrogen-bond donors (Lipinski definition) is 1. The summed E-state index contributed by atoms with van der Waals surface area (Å²) in [7, 11) is -3.20. The molecule has 0 aromatic heterocycles. The van der Waals surface area contributed by atoms with Gasteiger partial charge in [-0.2, -0.15) is 13.2 Å². The molecular formula is C9H17F3N2O2S. The van der Waals surface area contributed by atoms with Crippen molar-refractivity contribution in [2.24, 2.45) is 5.73 Å². The van der Waals surface area contributed by atoms with Gasteiger partial charge in [0.25, 0.3) is 0 Å². The predicted molar refractivity (Wildman–Crippen MR) is 58.3 cm³/mol. The highest BCUT2D eigenvalue weighted by atomic mass is 32.2. The molecule has 1 aliphatic rings. The minimum absolute atomic E-state index is 0.0693. The van der Waals surface area contributed by atoms with Gasteiger partial charge in [0.05, 0.1) is 11.5 Å². The second kappa shape index (κ2) is 5.11. The molecule has 0 saturated carbocycles. The molecule has 0 amide bonds. The monoisotopic (exact) mass is 274 g/mol. The normalized spacial score (nSPS) is 27.9. The maximum absolute atomic E-state index is 12.8. The topological polar surface area (TPSA) is 63.4 Å². The third-order valence-corrected chi connectivity index (χ3v) is 4.73. The third-order valence-electron chi connectivity index (χ3n) is 2.94. The summed E-state index contributed by atoms with van der Waals surface area (Å²) >= 11 is 0. The molecule has 1 aliphatic heterocycles. The highest BCUT2D eigenvalue weighted by Gasteiger charge is 2.46. The fourth-order valence-corrected chi connectivity index (χ4v) is 3.73. The van der Waals surface area contributed by atoms with E-state index in [-0.39, 0.29) is 31.0 Å². The van der Waals surface area contributed by atoms with Crippen molar-refractivity contribution >= 4 is 9.84 Å². The molecule has 2 atom stereocenters. The lowest BCUT2D eigenvalue weighted by atomic mass is 10.1. The number of sulfone groups is 1. The van der Waals surface area contributed by atoms with E-state index < -0.39 is 28.1 Å². The lowest BCUT2D eigenvalue weighted by Gasteiger charge is -2.39. The SMILES string of the molecule is CC1CS(=O)(=O)CCN1C(CCN)C(F)(F)F. The first-order chi connectivity index (χ1) is 7.67. The van der Waals surface area contributed by atoms with Gasteiger partial charge in [0.15, 0.2) is 9.84 Å².